The van der Waals surface area contributed by atoms with Gasteiger partial charge >= 0.3 is 0 Å². The Morgan fingerprint density at radius 1 is 1.05 bits per heavy atom. The minimum absolute atomic E-state index is 0.102. The second-order valence-electron chi connectivity index (χ2n) is 5.69. The number of piperazine rings is 1. The number of rotatable bonds is 3. The van der Waals surface area contributed by atoms with Crippen LogP contribution in [-0.2, 0) is 6.54 Å². The lowest BCUT2D eigenvalue weighted by molar-refractivity contribution is 0.0627. The summed E-state index contributed by atoms with van der Waals surface area (Å²) in [6.07, 6.45) is 1.73. The molecule has 0 spiro atoms. The molecule has 2 aromatic rings. The fourth-order valence-corrected chi connectivity index (χ4v) is 2.83. The highest BCUT2D eigenvalue weighted by atomic mass is 16.2. The summed E-state index contributed by atoms with van der Waals surface area (Å²) in [6.45, 7) is 6.23. The van der Waals surface area contributed by atoms with Crippen LogP contribution in [0.25, 0.3) is 0 Å². The lowest BCUT2D eigenvalue weighted by Gasteiger charge is -2.35. The van der Waals surface area contributed by atoms with Crippen LogP contribution >= 0.6 is 0 Å². The molecule has 1 aliphatic rings. The van der Waals surface area contributed by atoms with Gasteiger partial charge in [-0.3, -0.25) is 14.7 Å². The maximum absolute atomic E-state index is 12.6. The Hall–Kier alpha value is -2.20. The van der Waals surface area contributed by atoms with E-state index >= 15 is 0 Å². The second-order valence-corrected chi connectivity index (χ2v) is 5.69. The van der Waals surface area contributed by atoms with Gasteiger partial charge in [0.05, 0.1) is 5.56 Å². The molecular weight excluding hydrogens is 274 g/mol. The van der Waals surface area contributed by atoms with Gasteiger partial charge in [-0.1, -0.05) is 30.3 Å². The van der Waals surface area contributed by atoms with E-state index in [4.69, 9.17) is 0 Å². The smallest absolute Gasteiger partial charge is 0.255 e. The van der Waals surface area contributed by atoms with Gasteiger partial charge in [0.1, 0.15) is 0 Å². The third-order valence-electron chi connectivity index (χ3n) is 4.15. The Morgan fingerprint density at radius 2 is 1.77 bits per heavy atom. The van der Waals surface area contributed by atoms with Crippen molar-refractivity contribution in [3.63, 3.8) is 0 Å². The first-order chi connectivity index (χ1) is 10.7. The minimum atomic E-state index is 0.102. The van der Waals surface area contributed by atoms with E-state index in [9.17, 15) is 4.79 Å². The van der Waals surface area contributed by atoms with E-state index in [1.54, 1.807) is 6.20 Å². The van der Waals surface area contributed by atoms with E-state index < -0.39 is 0 Å². The first-order valence-electron chi connectivity index (χ1n) is 7.71. The van der Waals surface area contributed by atoms with Gasteiger partial charge < -0.3 is 4.90 Å². The Morgan fingerprint density at radius 3 is 2.45 bits per heavy atom. The molecule has 1 aromatic carbocycles. The normalized spacial score (nSPS) is 15.8. The molecule has 0 bridgehead atoms. The van der Waals surface area contributed by atoms with E-state index in [2.05, 4.69) is 34.1 Å². The molecule has 1 fully saturated rings. The van der Waals surface area contributed by atoms with Gasteiger partial charge in [0.2, 0.25) is 0 Å². The molecule has 1 aliphatic heterocycles. The topological polar surface area (TPSA) is 36.4 Å². The van der Waals surface area contributed by atoms with Gasteiger partial charge in [0.15, 0.2) is 0 Å². The van der Waals surface area contributed by atoms with E-state index in [1.165, 1.54) is 5.56 Å². The molecule has 0 N–H and O–H groups in total. The van der Waals surface area contributed by atoms with Crippen LogP contribution in [0.4, 0.5) is 0 Å². The van der Waals surface area contributed by atoms with E-state index in [0.29, 0.717) is 0 Å². The lowest BCUT2D eigenvalue weighted by atomic mass is 10.1. The highest BCUT2D eigenvalue weighted by Gasteiger charge is 2.23. The van der Waals surface area contributed by atoms with E-state index in [-0.39, 0.29) is 5.91 Å². The maximum Gasteiger partial charge on any atom is 0.255 e. The number of hydrogen-bond donors (Lipinski definition) is 0. The fourth-order valence-electron chi connectivity index (χ4n) is 2.83. The number of nitrogens with zero attached hydrogens (tertiary/aromatic N) is 3. The minimum Gasteiger partial charge on any atom is -0.336 e. The SMILES string of the molecule is Cc1ncccc1C(=O)N1CCN(Cc2ccccc2)CC1. The number of pyridine rings is 1. The number of carbonyl (C=O) groups excluding carboxylic acids is 1. The van der Waals surface area contributed by atoms with E-state index in [1.807, 2.05) is 30.0 Å². The molecule has 22 heavy (non-hydrogen) atoms. The fraction of sp³-hybridized carbons (Fsp3) is 0.333. The molecule has 0 aliphatic carbocycles. The molecule has 4 heteroatoms. The first-order valence-corrected chi connectivity index (χ1v) is 7.71. The summed E-state index contributed by atoms with van der Waals surface area (Å²) in [5, 5.41) is 0. The average molecular weight is 295 g/mol. The van der Waals surface area contributed by atoms with Gasteiger partial charge in [0.25, 0.3) is 5.91 Å². The van der Waals surface area contributed by atoms with Crippen molar-refractivity contribution in [3.8, 4) is 0 Å². The van der Waals surface area contributed by atoms with E-state index in [0.717, 1.165) is 44.0 Å². The summed E-state index contributed by atoms with van der Waals surface area (Å²) in [5.74, 6) is 0.102. The Bertz CT molecular complexity index is 634. The zero-order valence-corrected chi connectivity index (χ0v) is 12.9. The Balaban J connectivity index is 1.58. The largest absolute Gasteiger partial charge is 0.336 e. The number of hydrogen-bond acceptors (Lipinski definition) is 3. The Labute approximate surface area is 131 Å². The van der Waals surface area contributed by atoms with Gasteiger partial charge in [-0.2, -0.15) is 0 Å². The van der Waals surface area contributed by atoms with Crippen LogP contribution in [0.1, 0.15) is 21.6 Å². The molecule has 1 aromatic heterocycles. The molecule has 2 heterocycles. The zero-order valence-electron chi connectivity index (χ0n) is 12.9. The van der Waals surface area contributed by atoms with Crippen molar-refractivity contribution in [2.75, 3.05) is 26.2 Å². The highest BCUT2D eigenvalue weighted by Crippen LogP contribution is 2.13. The summed E-state index contributed by atoms with van der Waals surface area (Å²) in [5.41, 5.74) is 2.85. The Kier molecular flexibility index (Phi) is 4.49. The average Bonchev–Trinajstić information content (AvgIpc) is 2.56. The monoisotopic (exact) mass is 295 g/mol. The molecule has 114 valence electrons. The van der Waals surface area contributed by atoms with Crippen molar-refractivity contribution in [2.24, 2.45) is 0 Å². The van der Waals surface area contributed by atoms with Crippen LogP contribution in [-0.4, -0.2) is 46.9 Å². The first kappa shape index (κ1) is 14.7. The van der Waals surface area contributed by atoms with Crippen LogP contribution in [0.2, 0.25) is 0 Å². The molecule has 3 rings (SSSR count). The van der Waals surface area contributed by atoms with Gasteiger partial charge in [-0.05, 0) is 24.6 Å². The van der Waals surface area contributed by atoms with Crippen molar-refractivity contribution >= 4 is 5.91 Å². The van der Waals surface area contributed by atoms with Gasteiger partial charge in [-0.15, -0.1) is 0 Å². The summed E-state index contributed by atoms with van der Waals surface area (Å²) in [4.78, 5) is 21.1. The molecule has 0 saturated carbocycles. The number of aryl methyl sites for hydroxylation is 1. The number of aromatic nitrogens is 1. The predicted molar refractivity (Wildman–Crippen MR) is 86.6 cm³/mol. The molecule has 0 atom stereocenters. The quantitative estimate of drug-likeness (QED) is 0.872. The summed E-state index contributed by atoms with van der Waals surface area (Å²) in [6, 6.07) is 14.2. The van der Waals surface area contributed by atoms with Crippen molar-refractivity contribution in [2.45, 2.75) is 13.5 Å². The van der Waals surface area contributed by atoms with Crippen molar-refractivity contribution in [1.29, 1.82) is 0 Å². The van der Waals surface area contributed by atoms with Crippen LogP contribution in [0, 0.1) is 6.92 Å². The van der Waals surface area contributed by atoms with Crippen LogP contribution in [0.5, 0.6) is 0 Å². The second kappa shape index (κ2) is 6.71. The standard InChI is InChI=1S/C18H21N3O/c1-15-17(8-5-9-19-15)18(22)21-12-10-20(11-13-21)14-16-6-3-2-4-7-16/h2-9H,10-14H2,1H3. The number of benzene rings is 1. The molecule has 1 amide bonds. The van der Waals surface area contributed by atoms with Crippen molar-refractivity contribution in [1.82, 2.24) is 14.8 Å². The number of amides is 1. The summed E-state index contributed by atoms with van der Waals surface area (Å²) in [7, 11) is 0. The molecule has 1 saturated heterocycles. The maximum atomic E-state index is 12.6. The van der Waals surface area contributed by atoms with Crippen LogP contribution in [0.15, 0.2) is 48.7 Å². The zero-order chi connectivity index (χ0) is 15.4. The third kappa shape index (κ3) is 3.34. The van der Waals surface area contributed by atoms with Crippen LogP contribution < -0.4 is 0 Å². The summed E-state index contributed by atoms with van der Waals surface area (Å²) < 4.78 is 0. The number of carbonyl (C=O) groups is 1. The molecule has 4 nitrogen and oxygen atoms in total. The molecular formula is C18H21N3O. The highest BCUT2D eigenvalue weighted by molar-refractivity contribution is 5.95. The molecule has 0 unspecified atom stereocenters. The van der Waals surface area contributed by atoms with Crippen LogP contribution in [0.3, 0.4) is 0 Å². The van der Waals surface area contributed by atoms with Crippen molar-refractivity contribution in [3.05, 3.63) is 65.5 Å². The summed E-state index contributed by atoms with van der Waals surface area (Å²) >= 11 is 0. The van der Waals surface area contributed by atoms with Gasteiger partial charge in [-0.25, -0.2) is 0 Å². The molecule has 0 radical (unpaired) electrons. The van der Waals surface area contributed by atoms with Crippen molar-refractivity contribution < 1.29 is 4.79 Å². The van der Waals surface area contributed by atoms with Gasteiger partial charge in [0, 0.05) is 44.6 Å². The lowest BCUT2D eigenvalue weighted by Crippen LogP contribution is -2.48. The predicted octanol–water partition coefficient (Wildman–Crippen LogP) is 2.35. The third-order valence-corrected chi connectivity index (χ3v) is 4.15.